The second kappa shape index (κ2) is 7.39. The average molecular weight is 328 g/mol. The minimum Gasteiger partial charge on any atom is -0.497 e. The van der Waals surface area contributed by atoms with E-state index in [4.69, 9.17) is 14.2 Å². The van der Waals surface area contributed by atoms with E-state index in [-0.39, 0.29) is 5.97 Å². The Morgan fingerprint density at radius 2 is 1.42 bits per heavy atom. The van der Waals surface area contributed by atoms with Gasteiger partial charge in [-0.05, 0) is 38.5 Å². The van der Waals surface area contributed by atoms with Gasteiger partial charge in [-0.2, -0.15) is 0 Å². The third-order valence-electron chi connectivity index (χ3n) is 3.62. The highest BCUT2D eigenvalue weighted by Crippen LogP contribution is 2.34. The van der Waals surface area contributed by atoms with Crippen molar-refractivity contribution >= 4 is 5.97 Å². The van der Waals surface area contributed by atoms with Crippen LogP contribution in [0.1, 0.15) is 38.0 Å². The van der Waals surface area contributed by atoms with Crippen molar-refractivity contribution in [1.82, 2.24) is 0 Å². The lowest BCUT2D eigenvalue weighted by atomic mass is 9.96. The largest absolute Gasteiger partial charge is 0.497 e. The van der Waals surface area contributed by atoms with Crippen molar-refractivity contribution in [2.45, 2.75) is 26.9 Å². The maximum absolute atomic E-state index is 12.4. The lowest BCUT2D eigenvalue weighted by molar-refractivity contribution is -0.157. The summed E-state index contributed by atoms with van der Waals surface area (Å²) in [6, 6.07) is 15.1. The predicted octanol–water partition coefficient (Wildman–Crippen LogP) is 4.38. The molecule has 0 radical (unpaired) electrons. The summed E-state index contributed by atoms with van der Waals surface area (Å²) in [5.74, 6) is 1.03. The van der Waals surface area contributed by atoms with Crippen molar-refractivity contribution in [2.24, 2.45) is 5.41 Å². The van der Waals surface area contributed by atoms with Crippen LogP contribution in [0.25, 0.3) is 0 Å². The fraction of sp³-hybridized carbons (Fsp3) is 0.350. The topological polar surface area (TPSA) is 44.8 Å². The van der Waals surface area contributed by atoms with Gasteiger partial charge in [0.05, 0.1) is 19.6 Å². The minimum absolute atomic E-state index is 0.266. The highest BCUT2D eigenvalue weighted by molar-refractivity contribution is 5.76. The molecule has 0 spiro atoms. The average Bonchev–Trinajstić information content (AvgIpc) is 2.58. The summed E-state index contributed by atoms with van der Waals surface area (Å²) in [4.78, 5) is 12.4. The SMILES string of the molecule is COc1cc(OC)cc(C(OC(=O)C(C)(C)C)c2ccccc2)c1. The van der Waals surface area contributed by atoms with Gasteiger partial charge >= 0.3 is 5.97 Å². The molecule has 1 unspecified atom stereocenters. The van der Waals surface area contributed by atoms with E-state index in [2.05, 4.69) is 0 Å². The molecule has 2 aromatic carbocycles. The number of carbonyl (C=O) groups is 1. The molecule has 0 heterocycles. The minimum atomic E-state index is -0.587. The summed E-state index contributed by atoms with van der Waals surface area (Å²) in [5.41, 5.74) is 1.11. The van der Waals surface area contributed by atoms with Gasteiger partial charge in [0.1, 0.15) is 11.5 Å². The van der Waals surface area contributed by atoms with E-state index < -0.39 is 11.5 Å². The standard InChI is InChI=1S/C20H24O4/c1-20(2,3)19(21)24-18(14-9-7-6-8-10-14)15-11-16(22-4)13-17(12-15)23-5/h6-13,18H,1-5H3. The third kappa shape index (κ3) is 4.28. The highest BCUT2D eigenvalue weighted by Gasteiger charge is 2.28. The number of ether oxygens (including phenoxy) is 3. The molecule has 0 N–H and O–H groups in total. The van der Waals surface area contributed by atoms with Crippen LogP contribution in [0.15, 0.2) is 48.5 Å². The summed E-state index contributed by atoms with van der Waals surface area (Å²) < 4.78 is 16.5. The van der Waals surface area contributed by atoms with Gasteiger partial charge in [-0.15, -0.1) is 0 Å². The van der Waals surface area contributed by atoms with E-state index in [0.717, 1.165) is 11.1 Å². The lowest BCUT2D eigenvalue weighted by Crippen LogP contribution is -2.25. The molecule has 0 fully saturated rings. The van der Waals surface area contributed by atoms with Crippen LogP contribution in [0.5, 0.6) is 11.5 Å². The maximum Gasteiger partial charge on any atom is 0.312 e. The van der Waals surface area contributed by atoms with Crippen LogP contribution in [0.3, 0.4) is 0 Å². The molecule has 0 bridgehead atoms. The number of esters is 1. The molecule has 0 aliphatic heterocycles. The van der Waals surface area contributed by atoms with Crippen LogP contribution in [0, 0.1) is 5.41 Å². The number of benzene rings is 2. The van der Waals surface area contributed by atoms with E-state index in [0.29, 0.717) is 11.5 Å². The summed E-state index contributed by atoms with van der Waals surface area (Å²) >= 11 is 0. The Hall–Kier alpha value is -2.49. The van der Waals surface area contributed by atoms with Gasteiger partial charge in [0.15, 0.2) is 6.10 Å². The van der Waals surface area contributed by atoms with Crippen molar-refractivity contribution in [3.63, 3.8) is 0 Å². The first-order valence-corrected chi connectivity index (χ1v) is 7.84. The van der Waals surface area contributed by atoms with E-state index >= 15 is 0 Å². The normalized spacial score (nSPS) is 12.4. The summed E-state index contributed by atoms with van der Waals surface area (Å²) in [6.07, 6.45) is -0.526. The van der Waals surface area contributed by atoms with Gasteiger partial charge in [0, 0.05) is 11.6 Å². The molecule has 0 amide bonds. The zero-order valence-electron chi connectivity index (χ0n) is 14.8. The van der Waals surface area contributed by atoms with Crippen molar-refractivity contribution < 1.29 is 19.0 Å². The Morgan fingerprint density at radius 3 is 1.88 bits per heavy atom. The number of hydrogen-bond acceptors (Lipinski definition) is 4. The van der Waals surface area contributed by atoms with Crippen molar-refractivity contribution in [3.05, 3.63) is 59.7 Å². The van der Waals surface area contributed by atoms with Crippen LogP contribution in [0.4, 0.5) is 0 Å². The first-order valence-electron chi connectivity index (χ1n) is 7.84. The second-order valence-electron chi connectivity index (χ2n) is 6.59. The number of methoxy groups -OCH3 is 2. The summed E-state index contributed by atoms with van der Waals surface area (Å²) in [6.45, 7) is 5.51. The molecule has 1 atom stereocenters. The molecule has 2 rings (SSSR count). The summed E-state index contributed by atoms with van der Waals surface area (Å²) in [5, 5.41) is 0. The number of carbonyl (C=O) groups excluding carboxylic acids is 1. The monoisotopic (exact) mass is 328 g/mol. The van der Waals surface area contributed by atoms with Crippen LogP contribution < -0.4 is 9.47 Å². The van der Waals surface area contributed by atoms with E-state index in [9.17, 15) is 4.79 Å². The molecule has 128 valence electrons. The van der Waals surface area contributed by atoms with Gasteiger partial charge in [0.2, 0.25) is 0 Å². The van der Waals surface area contributed by atoms with Crippen LogP contribution in [-0.2, 0) is 9.53 Å². The van der Waals surface area contributed by atoms with E-state index in [1.807, 2.05) is 63.2 Å². The Bertz CT molecular complexity index is 664. The molecular weight excluding hydrogens is 304 g/mol. The van der Waals surface area contributed by atoms with Gasteiger partial charge in [-0.25, -0.2) is 0 Å². The smallest absolute Gasteiger partial charge is 0.312 e. The maximum atomic E-state index is 12.4. The van der Waals surface area contributed by atoms with Gasteiger partial charge in [-0.1, -0.05) is 30.3 Å². The zero-order chi connectivity index (χ0) is 17.7. The predicted molar refractivity (Wildman–Crippen MR) is 93.4 cm³/mol. The quantitative estimate of drug-likeness (QED) is 0.764. The van der Waals surface area contributed by atoms with E-state index in [1.54, 1.807) is 20.3 Å². The zero-order valence-corrected chi connectivity index (χ0v) is 14.8. The van der Waals surface area contributed by atoms with Crippen molar-refractivity contribution in [1.29, 1.82) is 0 Å². The van der Waals surface area contributed by atoms with Crippen molar-refractivity contribution in [2.75, 3.05) is 14.2 Å². The lowest BCUT2D eigenvalue weighted by Gasteiger charge is -2.24. The summed E-state index contributed by atoms with van der Waals surface area (Å²) in [7, 11) is 3.19. The fourth-order valence-corrected chi connectivity index (χ4v) is 2.22. The van der Waals surface area contributed by atoms with Gasteiger partial charge < -0.3 is 14.2 Å². The van der Waals surface area contributed by atoms with Crippen molar-refractivity contribution in [3.8, 4) is 11.5 Å². The molecular formula is C20H24O4. The number of hydrogen-bond donors (Lipinski definition) is 0. The molecule has 0 saturated heterocycles. The Balaban J connectivity index is 2.48. The van der Waals surface area contributed by atoms with E-state index in [1.165, 1.54) is 0 Å². The molecule has 0 aromatic heterocycles. The Labute approximate surface area is 143 Å². The molecule has 4 heteroatoms. The molecule has 4 nitrogen and oxygen atoms in total. The van der Waals surface area contributed by atoms with Crippen LogP contribution in [-0.4, -0.2) is 20.2 Å². The van der Waals surface area contributed by atoms with Crippen LogP contribution in [0.2, 0.25) is 0 Å². The first kappa shape index (κ1) is 17.9. The molecule has 24 heavy (non-hydrogen) atoms. The molecule has 2 aromatic rings. The first-order chi connectivity index (χ1) is 11.3. The second-order valence-corrected chi connectivity index (χ2v) is 6.59. The molecule has 0 aliphatic rings. The fourth-order valence-electron chi connectivity index (χ4n) is 2.22. The highest BCUT2D eigenvalue weighted by atomic mass is 16.5. The third-order valence-corrected chi connectivity index (χ3v) is 3.62. The Kier molecular flexibility index (Phi) is 5.50. The Morgan fingerprint density at radius 1 is 0.875 bits per heavy atom. The number of rotatable bonds is 5. The van der Waals surface area contributed by atoms with Gasteiger partial charge in [0.25, 0.3) is 0 Å². The van der Waals surface area contributed by atoms with Crippen LogP contribution >= 0.6 is 0 Å². The molecule has 0 saturated carbocycles. The molecule has 0 aliphatic carbocycles. The van der Waals surface area contributed by atoms with Gasteiger partial charge in [-0.3, -0.25) is 4.79 Å².